The van der Waals surface area contributed by atoms with Crippen LogP contribution in [0.2, 0.25) is 0 Å². The fourth-order valence-corrected chi connectivity index (χ4v) is 2.16. The zero-order valence-electron chi connectivity index (χ0n) is 9.72. The van der Waals surface area contributed by atoms with Gasteiger partial charge in [-0.1, -0.05) is 0 Å². The maximum absolute atomic E-state index is 5.13. The monoisotopic (exact) mass is 232 g/mol. The molecule has 3 rings (SSSR count). The van der Waals surface area contributed by atoms with Gasteiger partial charge < -0.3 is 14.6 Å². The van der Waals surface area contributed by atoms with Gasteiger partial charge in [-0.25, -0.2) is 9.97 Å². The van der Waals surface area contributed by atoms with Gasteiger partial charge in [0.15, 0.2) is 6.39 Å². The molecule has 0 aliphatic carbocycles. The van der Waals surface area contributed by atoms with E-state index >= 15 is 0 Å². The van der Waals surface area contributed by atoms with Crippen LogP contribution in [0.25, 0.3) is 11.2 Å². The molecule has 3 heterocycles. The first kappa shape index (κ1) is 10.7. The molecule has 1 aliphatic heterocycles. The van der Waals surface area contributed by atoms with E-state index in [0.717, 1.165) is 44.7 Å². The molecule has 0 radical (unpaired) electrons. The van der Waals surface area contributed by atoms with Gasteiger partial charge in [0.1, 0.15) is 5.52 Å². The Kier molecular flexibility index (Phi) is 3.02. The standard InChI is InChI=1S/C12H16N4O/c1(4-16-5-2-13-3-6-16)10-7-11-12(14-8-10)17-9-15-11/h7-9,13H,1-6H2. The van der Waals surface area contributed by atoms with Gasteiger partial charge in [-0.3, -0.25) is 0 Å². The zero-order chi connectivity index (χ0) is 11.5. The van der Waals surface area contributed by atoms with E-state index in [1.54, 1.807) is 0 Å². The quantitative estimate of drug-likeness (QED) is 0.843. The van der Waals surface area contributed by atoms with Crippen molar-refractivity contribution in [3.8, 4) is 0 Å². The van der Waals surface area contributed by atoms with Crippen molar-refractivity contribution in [2.24, 2.45) is 0 Å². The molecule has 2 aromatic rings. The summed E-state index contributed by atoms with van der Waals surface area (Å²) in [5.41, 5.74) is 2.70. The molecular weight excluding hydrogens is 216 g/mol. The van der Waals surface area contributed by atoms with Gasteiger partial charge in [-0.2, -0.15) is 0 Å². The number of oxazole rings is 1. The Hall–Kier alpha value is -1.46. The minimum absolute atomic E-state index is 0.621. The molecule has 2 aromatic heterocycles. The molecule has 0 unspecified atom stereocenters. The predicted molar refractivity (Wildman–Crippen MR) is 64.8 cm³/mol. The summed E-state index contributed by atoms with van der Waals surface area (Å²) >= 11 is 0. The minimum Gasteiger partial charge on any atom is -0.425 e. The zero-order valence-corrected chi connectivity index (χ0v) is 9.72. The Labute approximate surface area is 99.8 Å². The molecule has 1 saturated heterocycles. The molecule has 90 valence electrons. The van der Waals surface area contributed by atoms with Crippen LogP contribution in [-0.4, -0.2) is 47.6 Å². The molecule has 1 N–H and O–H groups in total. The summed E-state index contributed by atoms with van der Waals surface area (Å²) < 4.78 is 5.13. The highest BCUT2D eigenvalue weighted by atomic mass is 16.3. The van der Waals surface area contributed by atoms with E-state index in [1.807, 2.05) is 6.20 Å². The normalized spacial score (nSPS) is 17.6. The van der Waals surface area contributed by atoms with Crippen molar-refractivity contribution >= 4 is 11.2 Å². The van der Waals surface area contributed by atoms with E-state index < -0.39 is 0 Å². The van der Waals surface area contributed by atoms with Crippen LogP contribution in [0.5, 0.6) is 0 Å². The number of nitrogens with zero attached hydrogens (tertiary/aromatic N) is 3. The number of aromatic nitrogens is 2. The molecule has 1 fully saturated rings. The average Bonchev–Trinajstić information content (AvgIpc) is 2.85. The maximum Gasteiger partial charge on any atom is 0.246 e. The molecule has 5 nitrogen and oxygen atoms in total. The molecule has 1 aliphatic rings. The van der Waals surface area contributed by atoms with Crippen molar-refractivity contribution in [1.29, 1.82) is 0 Å². The van der Waals surface area contributed by atoms with Crippen molar-refractivity contribution in [2.75, 3.05) is 32.7 Å². The number of piperazine rings is 1. The summed E-state index contributed by atoms with van der Waals surface area (Å²) in [7, 11) is 0. The maximum atomic E-state index is 5.13. The lowest BCUT2D eigenvalue weighted by Crippen LogP contribution is -2.44. The van der Waals surface area contributed by atoms with Gasteiger partial charge in [0.25, 0.3) is 0 Å². The number of fused-ring (bicyclic) bond motifs is 1. The largest absolute Gasteiger partial charge is 0.425 e. The van der Waals surface area contributed by atoms with Crippen molar-refractivity contribution in [3.63, 3.8) is 0 Å². The molecule has 0 saturated carbocycles. The predicted octanol–water partition coefficient (Wildman–Crippen LogP) is 0.670. The molecule has 0 spiro atoms. The summed E-state index contributed by atoms with van der Waals surface area (Å²) in [5.74, 6) is 0. The summed E-state index contributed by atoms with van der Waals surface area (Å²) in [5, 5.41) is 3.36. The highest BCUT2D eigenvalue weighted by Crippen LogP contribution is 2.11. The van der Waals surface area contributed by atoms with Gasteiger partial charge in [0.2, 0.25) is 5.71 Å². The molecule has 0 aromatic carbocycles. The molecule has 0 amide bonds. The van der Waals surface area contributed by atoms with E-state index in [2.05, 4.69) is 26.3 Å². The second-order valence-corrected chi connectivity index (χ2v) is 4.36. The lowest BCUT2D eigenvalue weighted by atomic mass is 10.2. The summed E-state index contributed by atoms with van der Waals surface area (Å²) in [4.78, 5) is 10.8. The van der Waals surface area contributed by atoms with Gasteiger partial charge in [0.05, 0.1) is 0 Å². The van der Waals surface area contributed by atoms with Crippen molar-refractivity contribution < 1.29 is 4.42 Å². The third-order valence-corrected chi connectivity index (χ3v) is 3.17. The van der Waals surface area contributed by atoms with Crippen LogP contribution in [0.3, 0.4) is 0 Å². The average molecular weight is 232 g/mol. The van der Waals surface area contributed by atoms with E-state index in [-0.39, 0.29) is 0 Å². The SMILES string of the molecule is c1nc2cc(CCN3CCNCC3)cnc2o1. The Morgan fingerprint density at radius 3 is 3.06 bits per heavy atom. The first-order valence-electron chi connectivity index (χ1n) is 6.03. The van der Waals surface area contributed by atoms with Crippen molar-refractivity contribution in [2.45, 2.75) is 6.42 Å². The number of hydrogen-bond acceptors (Lipinski definition) is 5. The molecule has 0 bridgehead atoms. The van der Waals surface area contributed by atoms with Crippen molar-refractivity contribution in [3.05, 3.63) is 24.2 Å². The van der Waals surface area contributed by atoms with Gasteiger partial charge in [-0.05, 0) is 18.1 Å². The highest BCUT2D eigenvalue weighted by molar-refractivity contribution is 5.67. The molecule has 0 atom stereocenters. The van der Waals surface area contributed by atoms with Crippen molar-refractivity contribution in [1.82, 2.24) is 20.2 Å². The van der Waals surface area contributed by atoms with Gasteiger partial charge in [-0.15, -0.1) is 0 Å². The van der Waals surface area contributed by atoms with Gasteiger partial charge >= 0.3 is 0 Å². The van der Waals surface area contributed by atoms with Crippen LogP contribution in [0.4, 0.5) is 0 Å². The van der Waals surface area contributed by atoms with Gasteiger partial charge in [0, 0.05) is 38.9 Å². The second-order valence-electron chi connectivity index (χ2n) is 4.36. The van der Waals surface area contributed by atoms with Crippen LogP contribution in [0, 0.1) is 0 Å². The smallest absolute Gasteiger partial charge is 0.246 e. The fraction of sp³-hybridized carbons (Fsp3) is 0.500. The number of rotatable bonds is 3. The summed E-state index contributed by atoms with van der Waals surface area (Å²) in [6, 6.07) is 2.06. The van der Waals surface area contributed by atoms with Crippen LogP contribution in [0.15, 0.2) is 23.1 Å². The molecule has 17 heavy (non-hydrogen) atoms. The minimum atomic E-state index is 0.621. The summed E-state index contributed by atoms with van der Waals surface area (Å²) in [6.45, 7) is 5.56. The Balaban J connectivity index is 1.63. The van der Waals surface area contributed by atoms with E-state index in [0.29, 0.717) is 5.71 Å². The Morgan fingerprint density at radius 2 is 2.18 bits per heavy atom. The van der Waals surface area contributed by atoms with E-state index in [1.165, 1.54) is 12.0 Å². The third kappa shape index (κ3) is 2.45. The lowest BCUT2D eigenvalue weighted by molar-refractivity contribution is 0.244. The van der Waals surface area contributed by atoms with Crippen LogP contribution < -0.4 is 5.32 Å². The van der Waals surface area contributed by atoms with E-state index in [4.69, 9.17) is 4.42 Å². The van der Waals surface area contributed by atoms with Crippen LogP contribution in [0.1, 0.15) is 5.56 Å². The summed E-state index contributed by atoms with van der Waals surface area (Å²) in [6.07, 6.45) is 4.35. The first-order chi connectivity index (χ1) is 8.42. The van der Waals surface area contributed by atoms with E-state index in [9.17, 15) is 0 Å². The lowest BCUT2D eigenvalue weighted by Gasteiger charge is -2.26. The highest BCUT2D eigenvalue weighted by Gasteiger charge is 2.09. The first-order valence-corrected chi connectivity index (χ1v) is 6.03. The number of pyridine rings is 1. The van der Waals surface area contributed by atoms with Crippen LogP contribution >= 0.6 is 0 Å². The molecule has 5 heteroatoms. The topological polar surface area (TPSA) is 54.2 Å². The molecular formula is C12H16N4O. The Bertz CT molecular complexity index is 490. The second kappa shape index (κ2) is 4.81. The van der Waals surface area contributed by atoms with Crippen LogP contribution in [-0.2, 0) is 6.42 Å². The fourth-order valence-electron chi connectivity index (χ4n) is 2.16. The third-order valence-electron chi connectivity index (χ3n) is 3.17. The number of hydrogen-bond donors (Lipinski definition) is 1. The Morgan fingerprint density at radius 1 is 1.29 bits per heavy atom. The number of nitrogens with one attached hydrogen (secondary N) is 1.